The normalized spacial score (nSPS) is 11.2. The summed E-state index contributed by atoms with van der Waals surface area (Å²) in [7, 11) is 0. The molecule has 0 atom stereocenters. The summed E-state index contributed by atoms with van der Waals surface area (Å²) in [5, 5.41) is 39.5. The molecule has 3 N–H and O–H groups in total. The van der Waals surface area contributed by atoms with Gasteiger partial charge in [0.15, 0.2) is 16.9 Å². The minimum atomic E-state index is -0.668. The summed E-state index contributed by atoms with van der Waals surface area (Å²) in [4.78, 5) is 12.1. The topological polar surface area (TPSA) is 114 Å². The molecular formula is C13H7O6-. The molecule has 0 bridgehead atoms. The van der Waals surface area contributed by atoms with E-state index in [4.69, 9.17) is 4.42 Å². The van der Waals surface area contributed by atoms with Gasteiger partial charge in [0, 0.05) is 12.1 Å². The fourth-order valence-electron chi connectivity index (χ4n) is 1.95. The molecule has 0 aliphatic carbocycles. The molecule has 0 radical (unpaired) electrons. The first kappa shape index (κ1) is 11.2. The van der Waals surface area contributed by atoms with Crippen LogP contribution in [0.3, 0.4) is 0 Å². The van der Waals surface area contributed by atoms with Crippen molar-refractivity contribution in [3.63, 3.8) is 0 Å². The van der Waals surface area contributed by atoms with Crippen LogP contribution in [-0.2, 0) is 0 Å². The third kappa shape index (κ3) is 1.54. The second-order valence-corrected chi connectivity index (χ2v) is 4.09. The van der Waals surface area contributed by atoms with Gasteiger partial charge < -0.3 is 24.8 Å². The first-order valence-electron chi connectivity index (χ1n) is 5.30. The van der Waals surface area contributed by atoms with E-state index in [1.807, 2.05) is 0 Å². The highest BCUT2D eigenvalue weighted by atomic mass is 16.3. The molecule has 0 unspecified atom stereocenters. The maximum absolute atomic E-state index is 12.1. The Morgan fingerprint density at radius 3 is 2.37 bits per heavy atom. The highest BCUT2D eigenvalue weighted by Crippen LogP contribution is 2.33. The van der Waals surface area contributed by atoms with Crippen molar-refractivity contribution in [1.82, 2.24) is 0 Å². The molecular weight excluding hydrogens is 252 g/mol. The summed E-state index contributed by atoms with van der Waals surface area (Å²) in [6, 6.07) is 4.15. The van der Waals surface area contributed by atoms with E-state index in [9.17, 15) is 25.2 Å². The molecule has 1 heterocycles. The summed E-state index contributed by atoms with van der Waals surface area (Å²) in [6.07, 6.45) is 0. The lowest BCUT2D eigenvalue weighted by atomic mass is 10.1. The predicted octanol–water partition coefficient (Wildman–Crippen LogP) is 1.14. The minimum absolute atomic E-state index is 0.0119. The van der Waals surface area contributed by atoms with Crippen LogP contribution in [0.15, 0.2) is 33.5 Å². The summed E-state index contributed by atoms with van der Waals surface area (Å²) in [5.74, 6) is -1.91. The molecule has 0 amide bonds. The molecule has 3 rings (SSSR count). The fourth-order valence-corrected chi connectivity index (χ4v) is 1.95. The third-order valence-electron chi connectivity index (χ3n) is 2.82. The zero-order valence-electron chi connectivity index (χ0n) is 9.38. The van der Waals surface area contributed by atoms with Crippen molar-refractivity contribution >= 4 is 21.9 Å². The lowest BCUT2D eigenvalue weighted by Crippen LogP contribution is -2.05. The number of hydrogen-bond acceptors (Lipinski definition) is 6. The standard InChI is InChI=1S/C13H8O6/c14-5-1-9(17)12-11(2-5)19-10-4-8(16)7(15)3-6(10)13(12)18/h1-4,14-17H/p-1. The van der Waals surface area contributed by atoms with Crippen molar-refractivity contribution in [3.05, 3.63) is 34.5 Å². The lowest BCUT2D eigenvalue weighted by Gasteiger charge is -2.11. The van der Waals surface area contributed by atoms with Gasteiger partial charge in [-0.1, -0.05) is 5.75 Å². The van der Waals surface area contributed by atoms with Crippen molar-refractivity contribution in [2.45, 2.75) is 0 Å². The highest BCUT2D eigenvalue weighted by Gasteiger charge is 2.12. The Kier molecular flexibility index (Phi) is 2.10. The molecule has 0 saturated carbocycles. The van der Waals surface area contributed by atoms with E-state index in [-0.39, 0.29) is 27.7 Å². The largest absolute Gasteiger partial charge is 0.872 e. The Balaban J connectivity index is 2.60. The SMILES string of the molecule is O=c1c2cc(O)c(O)cc2oc2cc(O)cc([O-])c12. The van der Waals surface area contributed by atoms with Crippen molar-refractivity contribution in [2.75, 3.05) is 0 Å². The van der Waals surface area contributed by atoms with E-state index in [0.717, 1.165) is 24.3 Å². The van der Waals surface area contributed by atoms with Crippen LogP contribution in [0.5, 0.6) is 23.0 Å². The highest BCUT2D eigenvalue weighted by molar-refractivity contribution is 5.94. The molecule has 0 fully saturated rings. The summed E-state index contributed by atoms with van der Waals surface area (Å²) in [5.41, 5.74) is -0.693. The van der Waals surface area contributed by atoms with E-state index in [2.05, 4.69) is 0 Å². The molecule has 3 aromatic rings. The summed E-state index contributed by atoms with van der Waals surface area (Å²) >= 11 is 0. The Hall–Kier alpha value is -2.89. The third-order valence-corrected chi connectivity index (χ3v) is 2.82. The monoisotopic (exact) mass is 259 g/mol. The van der Waals surface area contributed by atoms with Gasteiger partial charge in [0.25, 0.3) is 0 Å². The first-order valence-corrected chi connectivity index (χ1v) is 5.30. The van der Waals surface area contributed by atoms with Gasteiger partial charge in [-0.25, -0.2) is 0 Å². The van der Waals surface area contributed by atoms with Crippen LogP contribution in [0.25, 0.3) is 21.9 Å². The maximum atomic E-state index is 12.1. The molecule has 0 spiro atoms. The molecule has 6 nitrogen and oxygen atoms in total. The van der Waals surface area contributed by atoms with Gasteiger partial charge in [-0.3, -0.25) is 4.79 Å². The number of phenols is 3. The molecule has 19 heavy (non-hydrogen) atoms. The van der Waals surface area contributed by atoms with Crippen molar-refractivity contribution in [2.24, 2.45) is 0 Å². The summed E-state index contributed by atoms with van der Waals surface area (Å²) < 4.78 is 5.29. The van der Waals surface area contributed by atoms with Crippen LogP contribution in [0.1, 0.15) is 0 Å². The van der Waals surface area contributed by atoms with E-state index in [1.165, 1.54) is 0 Å². The Bertz CT molecular complexity index is 878. The average Bonchev–Trinajstić information content (AvgIpc) is 2.31. The molecule has 0 saturated heterocycles. The molecule has 0 aliphatic rings. The maximum Gasteiger partial charge on any atom is 0.200 e. The smallest absolute Gasteiger partial charge is 0.200 e. The Labute approximate surface area is 105 Å². The van der Waals surface area contributed by atoms with Crippen LogP contribution in [0.2, 0.25) is 0 Å². The zero-order chi connectivity index (χ0) is 13.7. The number of aromatic hydroxyl groups is 3. The second-order valence-electron chi connectivity index (χ2n) is 4.09. The zero-order valence-corrected chi connectivity index (χ0v) is 9.38. The Morgan fingerprint density at radius 1 is 0.947 bits per heavy atom. The van der Waals surface area contributed by atoms with E-state index < -0.39 is 22.7 Å². The minimum Gasteiger partial charge on any atom is -0.872 e. The predicted molar refractivity (Wildman–Crippen MR) is 64.4 cm³/mol. The molecule has 0 aliphatic heterocycles. The van der Waals surface area contributed by atoms with Crippen LogP contribution in [0.4, 0.5) is 0 Å². The summed E-state index contributed by atoms with van der Waals surface area (Å²) in [6.45, 7) is 0. The number of hydrogen-bond donors (Lipinski definition) is 3. The van der Waals surface area contributed by atoms with Crippen LogP contribution >= 0.6 is 0 Å². The van der Waals surface area contributed by atoms with E-state index in [1.54, 1.807) is 0 Å². The number of fused-ring (bicyclic) bond motifs is 2. The number of benzene rings is 2. The fraction of sp³-hybridized carbons (Fsp3) is 0. The van der Waals surface area contributed by atoms with Gasteiger partial charge in [-0.05, 0) is 12.1 Å². The molecule has 2 aromatic carbocycles. The Morgan fingerprint density at radius 2 is 1.63 bits per heavy atom. The van der Waals surface area contributed by atoms with Crippen molar-refractivity contribution in [3.8, 4) is 23.0 Å². The van der Waals surface area contributed by atoms with Crippen LogP contribution in [-0.4, -0.2) is 15.3 Å². The molecule has 96 valence electrons. The van der Waals surface area contributed by atoms with Gasteiger partial charge in [-0.15, -0.1) is 0 Å². The van der Waals surface area contributed by atoms with Gasteiger partial charge >= 0.3 is 0 Å². The van der Waals surface area contributed by atoms with Crippen molar-refractivity contribution < 1.29 is 24.8 Å². The van der Waals surface area contributed by atoms with Gasteiger partial charge in [0.2, 0.25) is 0 Å². The van der Waals surface area contributed by atoms with Crippen LogP contribution in [0, 0.1) is 0 Å². The quantitative estimate of drug-likeness (QED) is 0.412. The first-order chi connectivity index (χ1) is 8.97. The van der Waals surface area contributed by atoms with Crippen LogP contribution < -0.4 is 10.5 Å². The van der Waals surface area contributed by atoms with Gasteiger partial charge in [0.1, 0.15) is 16.9 Å². The molecule has 6 heteroatoms. The molecule has 1 aromatic heterocycles. The van der Waals surface area contributed by atoms with Crippen molar-refractivity contribution in [1.29, 1.82) is 0 Å². The lowest BCUT2D eigenvalue weighted by molar-refractivity contribution is -0.266. The second kappa shape index (κ2) is 3.55. The average molecular weight is 259 g/mol. The van der Waals surface area contributed by atoms with E-state index >= 15 is 0 Å². The number of phenolic OH excluding ortho intramolecular Hbond substituents is 3. The van der Waals surface area contributed by atoms with E-state index in [0.29, 0.717) is 0 Å². The van der Waals surface area contributed by atoms with Gasteiger partial charge in [0.05, 0.1) is 10.8 Å². The van der Waals surface area contributed by atoms with Gasteiger partial charge in [-0.2, -0.15) is 0 Å². The number of rotatable bonds is 0.